The molecule has 0 radical (unpaired) electrons. The lowest BCUT2D eigenvalue weighted by Crippen LogP contribution is -2.52. The van der Waals surface area contributed by atoms with Crippen molar-refractivity contribution in [2.24, 2.45) is 5.92 Å². The molecule has 2 fully saturated rings. The Balaban J connectivity index is 1.75. The molecule has 2 heterocycles. The van der Waals surface area contributed by atoms with E-state index in [9.17, 15) is 14.0 Å². The van der Waals surface area contributed by atoms with Crippen LogP contribution < -0.4 is 4.90 Å². The van der Waals surface area contributed by atoms with E-state index in [-0.39, 0.29) is 42.6 Å². The summed E-state index contributed by atoms with van der Waals surface area (Å²) in [5, 5.41) is 0. The smallest absolute Gasteiger partial charge is 0.228 e. The van der Waals surface area contributed by atoms with E-state index in [0.29, 0.717) is 13.2 Å². The SMILES string of the molecule is Cc1ccc(N2CC(C(=O)N3CC(C)OCC3C)CC2=O)c(F)c1. The zero-order valence-electron chi connectivity index (χ0n) is 14.3. The predicted molar refractivity (Wildman–Crippen MR) is 88.2 cm³/mol. The molecule has 3 rings (SSSR count). The van der Waals surface area contributed by atoms with E-state index in [1.807, 2.05) is 13.8 Å². The molecule has 6 heteroatoms. The van der Waals surface area contributed by atoms with Crippen molar-refractivity contribution >= 4 is 17.5 Å². The summed E-state index contributed by atoms with van der Waals surface area (Å²) in [4.78, 5) is 28.3. The van der Waals surface area contributed by atoms with Crippen LogP contribution in [0.2, 0.25) is 0 Å². The van der Waals surface area contributed by atoms with Crippen LogP contribution in [0, 0.1) is 18.7 Å². The minimum absolute atomic E-state index is 0.00559. The van der Waals surface area contributed by atoms with Gasteiger partial charge in [-0.1, -0.05) is 6.07 Å². The third-order valence-electron chi connectivity index (χ3n) is 4.76. The van der Waals surface area contributed by atoms with Crippen LogP contribution in [0.1, 0.15) is 25.8 Å². The van der Waals surface area contributed by atoms with E-state index in [1.54, 1.807) is 24.0 Å². The number of nitrogens with zero attached hydrogens (tertiary/aromatic N) is 2. The molecule has 0 aromatic heterocycles. The number of carbonyl (C=O) groups is 2. The number of amides is 2. The normalized spacial score (nSPS) is 27.7. The van der Waals surface area contributed by atoms with Crippen molar-refractivity contribution in [2.75, 3.05) is 24.6 Å². The van der Waals surface area contributed by atoms with Gasteiger partial charge in [0.05, 0.1) is 30.4 Å². The number of aryl methyl sites for hydroxylation is 1. The first-order chi connectivity index (χ1) is 11.4. The maximum Gasteiger partial charge on any atom is 0.228 e. The van der Waals surface area contributed by atoms with E-state index < -0.39 is 11.7 Å². The largest absolute Gasteiger partial charge is 0.375 e. The zero-order chi connectivity index (χ0) is 17.4. The van der Waals surface area contributed by atoms with Crippen molar-refractivity contribution in [3.8, 4) is 0 Å². The van der Waals surface area contributed by atoms with E-state index >= 15 is 0 Å². The number of carbonyl (C=O) groups excluding carboxylic acids is 2. The van der Waals surface area contributed by atoms with Gasteiger partial charge in [0.15, 0.2) is 0 Å². The molecule has 0 saturated carbocycles. The molecule has 0 aliphatic carbocycles. The zero-order valence-corrected chi connectivity index (χ0v) is 14.3. The molecule has 3 unspecified atom stereocenters. The molecule has 0 bridgehead atoms. The fraction of sp³-hybridized carbons (Fsp3) is 0.556. The van der Waals surface area contributed by atoms with Gasteiger partial charge in [-0.25, -0.2) is 4.39 Å². The Kier molecular flexibility index (Phi) is 4.58. The van der Waals surface area contributed by atoms with Gasteiger partial charge in [-0.05, 0) is 38.5 Å². The molecule has 1 aromatic rings. The van der Waals surface area contributed by atoms with E-state index in [2.05, 4.69) is 0 Å². The lowest BCUT2D eigenvalue weighted by atomic mass is 10.0. The number of halogens is 1. The van der Waals surface area contributed by atoms with Gasteiger partial charge in [-0.15, -0.1) is 0 Å². The van der Waals surface area contributed by atoms with Gasteiger partial charge in [0, 0.05) is 19.5 Å². The first-order valence-corrected chi connectivity index (χ1v) is 8.35. The Morgan fingerprint density at radius 1 is 1.29 bits per heavy atom. The summed E-state index contributed by atoms with van der Waals surface area (Å²) >= 11 is 0. The van der Waals surface area contributed by atoms with Crippen LogP contribution >= 0.6 is 0 Å². The predicted octanol–water partition coefficient (Wildman–Crippen LogP) is 2.12. The summed E-state index contributed by atoms with van der Waals surface area (Å²) in [6.45, 7) is 6.94. The number of hydrogen-bond acceptors (Lipinski definition) is 3. The minimum atomic E-state index is -0.426. The average Bonchev–Trinajstić information content (AvgIpc) is 2.91. The van der Waals surface area contributed by atoms with Crippen molar-refractivity contribution < 1.29 is 18.7 Å². The van der Waals surface area contributed by atoms with Crippen LogP contribution in [0.3, 0.4) is 0 Å². The van der Waals surface area contributed by atoms with Crippen LogP contribution in [0.25, 0.3) is 0 Å². The first kappa shape index (κ1) is 16.9. The monoisotopic (exact) mass is 334 g/mol. The summed E-state index contributed by atoms with van der Waals surface area (Å²) < 4.78 is 19.7. The Morgan fingerprint density at radius 3 is 2.75 bits per heavy atom. The topological polar surface area (TPSA) is 49.9 Å². The highest BCUT2D eigenvalue weighted by Gasteiger charge is 2.40. The van der Waals surface area contributed by atoms with E-state index in [4.69, 9.17) is 4.74 Å². The number of benzene rings is 1. The standard InChI is InChI=1S/C18H23FN2O3/c1-11-4-5-16(15(19)6-11)21-9-14(7-17(21)22)18(23)20-8-13(3)24-10-12(20)2/h4-6,12-14H,7-10H2,1-3H3. The van der Waals surface area contributed by atoms with Crippen LogP contribution in [0.15, 0.2) is 18.2 Å². The van der Waals surface area contributed by atoms with Gasteiger partial charge in [0.1, 0.15) is 5.82 Å². The molecule has 24 heavy (non-hydrogen) atoms. The Morgan fingerprint density at radius 2 is 2.04 bits per heavy atom. The van der Waals surface area contributed by atoms with Crippen molar-refractivity contribution in [3.63, 3.8) is 0 Å². The molecule has 2 saturated heterocycles. The van der Waals surface area contributed by atoms with Gasteiger partial charge in [-0.3, -0.25) is 9.59 Å². The number of ether oxygens (including phenoxy) is 1. The van der Waals surface area contributed by atoms with Crippen molar-refractivity contribution in [1.82, 2.24) is 4.90 Å². The van der Waals surface area contributed by atoms with Gasteiger partial charge < -0.3 is 14.5 Å². The molecule has 3 atom stereocenters. The maximum atomic E-state index is 14.2. The van der Waals surface area contributed by atoms with Crippen LogP contribution in [-0.4, -0.2) is 48.6 Å². The highest BCUT2D eigenvalue weighted by molar-refractivity contribution is 6.00. The van der Waals surface area contributed by atoms with Gasteiger partial charge >= 0.3 is 0 Å². The summed E-state index contributed by atoms with van der Waals surface area (Å²) in [5.74, 6) is -1.10. The van der Waals surface area contributed by atoms with Crippen LogP contribution in [0.5, 0.6) is 0 Å². The molecule has 0 N–H and O–H groups in total. The molecule has 5 nitrogen and oxygen atoms in total. The number of hydrogen-bond donors (Lipinski definition) is 0. The second-order valence-corrected chi connectivity index (χ2v) is 6.84. The Labute approximate surface area is 141 Å². The van der Waals surface area contributed by atoms with E-state index in [1.165, 1.54) is 11.0 Å². The molecule has 1 aromatic carbocycles. The molecule has 2 aliphatic rings. The third kappa shape index (κ3) is 3.15. The summed E-state index contributed by atoms with van der Waals surface area (Å²) in [6, 6.07) is 4.78. The first-order valence-electron chi connectivity index (χ1n) is 8.35. The lowest BCUT2D eigenvalue weighted by Gasteiger charge is -2.38. The van der Waals surface area contributed by atoms with Gasteiger partial charge in [-0.2, -0.15) is 0 Å². The van der Waals surface area contributed by atoms with Crippen molar-refractivity contribution in [1.29, 1.82) is 0 Å². The van der Waals surface area contributed by atoms with Gasteiger partial charge in [0.2, 0.25) is 11.8 Å². The second-order valence-electron chi connectivity index (χ2n) is 6.84. The van der Waals surface area contributed by atoms with Crippen molar-refractivity contribution in [2.45, 2.75) is 39.3 Å². The number of anilines is 1. The minimum Gasteiger partial charge on any atom is -0.375 e. The molecule has 130 valence electrons. The Hall–Kier alpha value is -1.95. The second kappa shape index (κ2) is 6.51. The molecule has 0 spiro atoms. The summed E-state index contributed by atoms with van der Waals surface area (Å²) in [7, 11) is 0. The Bertz CT molecular complexity index is 664. The molecule has 2 aliphatic heterocycles. The highest BCUT2D eigenvalue weighted by Crippen LogP contribution is 2.29. The molecular formula is C18H23FN2O3. The third-order valence-corrected chi connectivity index (χ3v) is 4.76. The maximum absolute atomic E-state index is 14.2. The van der Waals surface area contributed by atoms with Crippen molar-refractivity contribution in [3.05, 3.63) is 29.6 Å². The fourth-order valence-corrected chi connectivity index (χ4v) is 3.38. The highest BCUT2D eigenvalue weighted by atomic mass is 19.1. The summed E-state index contributed by atoms with van der Waals surface area (Å²) in [6.07, 6.45) is 0.123. The average molecular weight is 334 g/mol. The van der Waals surface area contributed by atoms with E-state index in [0.717, 1.165) is 5.56 Å². The summed E-state index contributed by atoms with van der Waals surface area (Å²) in [5.41, 5.74) is 1.05. The molecular weight excluding hydrogens is 311 g/mol. The molecule has 2 amide bonds. The van der Waals surface area contributed by atoms with Gasteiger partial charge in [0.25, 0.3) is 0 Å². The fourth-order valence-electron chi connectivity index (χ4n) is 3.38. The number of morpholine rings is 1. The lowest BCUT2D eigenvalue weighted by molar-refractivity contribution is -0.147. The quantitative estimate of drug-likeness (QED) is 0.832. The number of rotatable bonds is 2. The van der Waals surface area contributed by atoms with Crippen LogP contribution in [0.4, 0.5) is 10.1 Å². The van der Waals surface area contributed by atoms with Crippen LogP contribution in [-0.2, 0) is 14.3 Å².